The molecule has 0 atom stereocenters. The summed E-state index contributed by atoms with van der Waals surface area (Å²) in [5.74, 6) is 1.45. The zero-order valence-corrected chi connectivity index (χ0v) is 24.7. The van der Waals surface area contributed by atoms with E-state index in [1.165, 1.54) is 7.11 Å². The molecular weight excluding hydrogens is 562 g/mol. The minimum atomic E-state index is -0.775. The van der Waals surface area contributed by atoms with Gasteiger partial charge in [0, 0.05) is 12.5 Å². The van der Waals surface area contributed by atoms with E-state index < -0.39 is 18.0 Å². The van der Waals surface area contributed by atoms with Crippen LogP contribution in [0.5, 0.6) is 23.0 Å². The summed E-state index contributed by atoms with van der Waals surface area (Å²) in [6.07, 6.45) is 1.50. The Labute approximate surface area is 256 Å². The fraction of sp³-hybridized carbons (Fsp3) is 0.171. The number of carbonyl (C=O) groups is 3. The Morgan fingerprint density at radius 1 is 0.705 bits per heavy atom. The molecule has 0 aliphatic heterocycles. The summed E-state index contributed by atoms with van der Waals surface area (Å²) >= 11 is 0. The molecule has 0 aliphatic rings. The predicted octanol–water partition coefficient (Wildman–Crippen LogP) is 6.60. The summed E-state index contributed by atoms with van der Waals surface area (Å²) in [4.78, 5) is 36.7. The highest BCUT2D eigenvalue weighted by Crippen LogP contribution is 2.29. The van der Waals surface area contributed by atoms with E-state index in [1.807, 2.05) is 42.5 Å². The lowest BCUT2D eigenvalue weighted by atomic mass is 10.0. The molecule has 0 spiro atoms. The first-order valence-electron chi connectivity index (χ1n) is 13.8. The highest BCUT2D eigenvalue weighted by Gasteiger charge is 2.14. The number of hydrogen-bond acceptors (Lipinski definition) is 8. The van der Waals surface area contributed by atoms with Crippen molar-refractivity contribution in [2.24, 2.45) is 0 Å². The van der Waals surface area contributed by atoms with Crippen LogP contribution >= 0.6 is 0 Å². The molecule has 9 heteroatoms. The standard InChI is InChI=1S/C35H33NO8/c1-40-30-19-26(20-31(22-30)41-2)21-32(34(38)42-3)27-12-16-29(17-13-27)44-28-14-9-24(10-15-28)11-18-33(37)36-35(39)43-23-25-7-5-4-6-8-25/h4-10,12-17,19-22H,11,18,23H2,1-3H3,(H,36,37,39)/b32-21+. The van der Waals surface area contributed by atoms with Crippen molar-refractivity contribution in [3.63, 3.8) is 0 Å². The van der Waals surface area contributed by atoms with Crippen molar-refractivity contribution in [3.05, 3.63) is 119 Å². The van der Waals surface area contributed by atoms with Gasteiger partial charge in [0.15, 0.2) is 0 Å². The summed E-state index contributed by atoms with van der Waals surface area (Å²) in [5.41, 5.74) is 3.45. The molecule has 0 fully saturated rings. The van der Waals surface area contributed by atoms with Gasteiger partial charge in [-0.3, -0.25) is 10.1 Å². The van der Waals surface area contributed by atoms with Crippen LogP contribution in [0.3, 0.4) is 0 Å². The van der Waals surface area contributed by atoms with Crippen molar-refractivity contribution < 1.29 is 38.1 Å². The number of nitrogens with one attached hydrogen (secondary N) is 1. The third-order valence-electron chi connectivity index (χ3n) is 6.51. The lowest BCUT2D eigenvalue weighted by molar-refractivity contribution is -0.133. The van der Waals surface area contributed by atoms with Crippen LogP contribution in [0.25, 0.3) is 11.6 Å². The van der Waals surface area contributed by atoms with Crippen LogP contribution in [0.4, 0.5) is 4.79 Å². The SMILES string of the molecule is COC(=O)/C(=C/c1cc(OC)cc(OC)c1)c1ccc(Oc2ccc(CCC(=O)NC(=O)OCc3ccccc3)cc2)cc1. The summed E-state index contributed by atoms with van der Waals surface area (Å²) in [6, 6.07) is 28.9. The molecule has 0 aromatic heterocycles. The smallest absolute Gasteiger partial charge is 0.414 e. The van der Waals surface area contributed by atoms with E-state index in [9.17, 15) is 14.4 Å². The summed E-state index contributed by atoms with van der Waals surface area (Å²) in [7, 11) is 4.45. The second-order valence-corrected chi connectivity index (χ2v) is 9.58. The lowest BCUT2D eigenvalue weighted by Crippen LogP contribution is -2.31. The lowest BCUT2D eigenvalue weighted by Gasteiger charge is -2.11. The summed E-state index contributed by atoms with van der Waals surface area (Å²) in [5, 5.41) is 2.24. The minimum Gasteiger partial charge on any atom is -0.497 e. The Morgan fingerprint density at radius 2 is 1.32 bits per heavy atom. The molecule has 0 saturated carbocycles. The van der Waals surface area contributed by atoms with Gasteiger partial charge in [-0.15, -0.1) is 0 Å². The third-order valence-corrected chi connectivity index (χ3v) is 6.51. The molecule has 44 heavy (non-hydrogen) atoms. The number of rotatable bonds is 12. The zero-order valence-electron chi connectivity index (χ0n) is 24.7. The monoisotopic (exact) mass is 595 g/mol. The third kappa shape index (κ3) is 9.22. The molecule has 4 rings (SSSR count). The number of ether oxygens (including phenoxy) is 5. The molecule has 0 radical (unpaired) electrons. The number of alkyl carbamates (subject to hydrolysis) is 1. The van der Waals surface area contributed by atoms with Crippen molar-refractivity contribution >= 4 is 29.6 Å². The Morgan fingerprint density at radius 3 is 1.91 bits per heavy atom. The maximum atomic E-state index is 12.6. The number of hydrogen-bond donors (Lipinski definition) is 1. The topological polar surface area (TPSA) is 109 Å². The number of carbonyl (C=O) groups excluding carboxylic acids is 3. The van der Waals surface area contributed by atoms with Gasteiger partial charge >= 0.3 is 12.1 Å². The molecule has 0 heterocycles. The van der Waals surface area contributed by atoms with E-state index in [2.05, 4.69) is 5.32 Å². The fourth-order valence-corrected chi connectivity index (χ4v) is 4.21. The molecule has 226 valence electrons. The first-order valence-corrected chi connectivity index (χ1v) is 13.8. The van der Waals surface area contributed by atoms with Crippen LogP contribution in [0, 0.1) is 0 Å². The van der Waals surface area contributed by atoms with Gasteiger partial charge in [0.2, 0.25) is 5.91 Å². The van der Waals surface area contributed by atoms with E-state index in [-0.39, 0.29) is 13.0 Å². The van der Waals surface area contributed by atoms with E-state index in [1.54, 1.807) is 74.9 Å². The molecule has 2 amide bonds. The van der Waals surface area contributed by atoms with Crippen molar-refractivity contribution in [1.29, 1.82) is 0 Å². The van der Waals surface area contributed by atoms with Crippen LogP contribution in [0.2, 0.25) is 0 Å². The highest BCUT2D eigenvalue weighted by molar-refractivity contribution is 6.21. The van der Waals surface area contributed by atoms with Gasteiger partial charge < -0.3 is 23.7 Å². The van der Waals surface area contributed by atoms with Crippen molar-refractivity contribution in [2.45, 2.75) is 19.4 Å². The average molecular weight is 596 g/mol. The molecule has 4 aromatic carbocycles. The van der Waals surface area contributed by atoms with Gasteiger partial charge in [0.05, 0.1) is 26.9 Å². The van der Waals surface area contributed by atoms with E-state index in [0.717, 1.165) is 11.1 Å². The average Bonchev–Trinajstić information content (AvgIpc) is 3.06. The molecular formula is C35H33NO8. The second-order valence-electron chi connectivity index (χ2n) is 9.58. The van der Waals surface area contributed by atoms with Gasteiger partial charge in [-0.05, 0) is 71.1 Å². The molecule has 0 aliphatic carbocycles. The Hall–Kier alpha value is -5.57. The van der Waals surface area contributed by atoms with E-state index in [4.69, 9.17) is 23.7 Å². The van der Waals surface area contributed by atoms with Gasteiger partial charge in [0.1, 0.15) is 29.6 Å². The van der Waals surface area contributed by atoms with Gasteiger partial charge in [0.25, 0.3) is 0 Å². The number of aryl methyl sites for hydroxylation is 1. The van der Waals surface area contributed by atoms with Crippen molar-refractivity contribution in [3.8, 4) is 23.0 Å². The second kappa shape index (κ2) is 15.6. The van der Waals surface area contributed by atoms with Crippen LogP contribution in [-0.4, -0.2) is 39.3 Å². The first kappa shape index (κ1) is 31.4. The summed E-state index contributed by atoms with van der Waals surface area (Å²) in [6.45, 7) is 0.0895. The number of imide groups is 1. The van der Waals surface area contributed by atoms with E-state index >= 15 is 0 Å². The number of methoxy groups -OCH3 is 3. The maximum Gasteiger partial charge on any atom is 0.414 e. The van der Waals surface area contributed by atoms with Crippen LogP contribution in [0.15, 0.2) is 97.1 Å². The van der Waals surface area contributed by atoms with Crippen LogP contribution in [-0.2, 0) is 32.1 Å². The molecule has 1 N–H and O–H groups in total. The highest BCUT2D eigenvalue weighted by atomic mass is 16.5. The molecule has 0 saturated heterocycles. The Kier molecular flexibility index (Phi) is 11.1. The largest absolute Gasteiger partial charge is 0.497 e. The number of esters is 1. The number of amides is 2. The molecule has 9 nitrogen and oxygen atoms in total. The van der Waals surface area contributed by atoms with Gasteiger partial charge in [-0.2, -0.15) is 0 Å². The van der Waals surface area contributed by atoms with Crippen LogP contribution in [0.1, 0.15) is 28.7 Å². The van der Waals surface area contributed by atoms with Crippen molar-refractivity contribution in [1.82, 2.24) is 5.32 Å². The van der Waals surface area contributed by atoms with Gasteiger partial charge in [-0.25, -0.2) is 9.59 Å². The van der Waals surface area contributed by atoms with E-state index in [0.29, 0.717) is 46.1 Å². The zero-order chi connectivity index (χ0) is 31.3. The summed E-state index contributed by atoms with van der Waals surface area (Å²) < 4.78 is 26.7. The van der Waals surface area contributed by atoms with Crippen LogP contribution < -0.4 is 19.5 Å². The Bertz CT molecular complexity index is 1570. The fourth-order valence-electron chi connectivity index (χ4n) is 4.21. The molecule has 0 unspecified atom stereocenters. The Balaban J connectivity index is 1.32. The predicted molar refractivity (Wildman–Crippen MR) is 165 cm³/mol. The normalized spacial score (nSPS) is 10.8. The number of benzene rings is 4. The minimum absolute atomic E-state index is 0.0895. The van der Waals surface area contributed by atoms with Gasteiger partial charge in [-0.1, -0.05) is 54.6 Å². The van der Waals surface area contributed by atoms with Crippen molar-refractivity contribution in [2.75, 3.05) is 21.3 Å². The quantitative estimate of drug-likeness (QED) is 0.111. The first-order chi connectivity index (χ1) is 21.4. The molecule has 4 aromatic rings. The maximum absolute atomic E-state index is 12.6. The molecule has 0 bridgehead atoms.